The summed E-state index contributed by atoms with van der Waals surface area (Å²) in [6, 6.07) is 5.96. The average molecular weight is 340 g/mol. The molecule has 0 bridgehead atoms. The van der Waals surface area contributed by atoms with Crippen molar-refractivity contribution in [1.82, 2.24) is 9.55 Å². The lowest BCUT2D eigenvalue weighted by Gasteiger charge is -2.19. The second kappa shape index (κ2) is 6.34. The maximum absolute atomic E-state index is 11.6. The van der Waals surface area contributed by atoms with E-state index in [-0.39, 0.29) is 6.23 Å². The van der Waals surface area contributed by atoms with E-state index in [1.807, 2.05) is 29.7 Å². The van der Waals surface area contributed by atoms with E-state index >= 15 is 0 Å². The summed E-state index contributed by atoms with van der Waals surface area (Å²) in [5.74, 6) is 0. The Morgan fingerprint density at radius 3 is 3.00 bits per heavy atom. The Kier molecular flexibility index (Phi) is 4.58. The summed E-state index contributed by atoms with van der Waals surface area (Å²) in [6.45, 7) is 3.49. The molecule has 1 aromatic heterocycles. The fraction of sp³-hybridized carbons (Fsp3) is 0.533. The number of para-hydroxylation sites is 1. The van der Waals surface area contributed by atoms with Crippen molar-refractivity contribution in [1.29, 1.82) is 0 Å². The molecule has 126 valence electrons. The second-order valence-electron chi connectivity index (χ2n) is 5.86. The Balaban J connectivity index is 1.88. The molecule has 23 heavy (non-hydrogen) atoms. The van der Waals surface area contributed by atoms with Crippen LogP contribution in [-0.2, 0) is 18.6 Å². The Morgan fingerprint density at radius 2 is 2.30 bits per heavy atom. The van der Waals surface area contributed by atoms with Crippen LogP contribution in [0.25, 0.3) is 11.0 Å². The molecular formula is C15H21N2O5P. The highest BCUT2D eigenvalue weighted by Crippen LogP contribution is 2.44. The number of methoxy groups -OCH3 is 1. The summed E-state index contributed by atoms with van der Waals surface area (Å²) >= 11 is 0. The van der Waals surface area contributed by atoms with E-state index in [0.29, 0.717) is 13.0 Å². The molecule has 1 aromatic carbocycles. The molecular weight excluding hydrogens is 319 g/mol. The maximum atomic E-state index is 11.6. The van der Waals surface area contributed by atoms with Crippen LogP contribution >= 0.6 is 7.60 Å². The number of imidazole rings is 1. The highest BCUT2D eigenvalue weighted by molar-refractivity contribution is 7.51. The van der Waals surface area contributed by atoms with Gasteiger partial charge in [-0.3, -0.25) is 4.57 Å². The van der Waals surface area contributed by atoms with Gasteiger partial charge in [-0.05, 0) is 18.6 Å². The van der Waals surface area contributed by atoms with Gasteiger partial charge in [-0.1, -0.05) is 12.1 Å². The standard InChI is InChI=1S/C15H21N2O5P/c1-10-5-4-6-11-15(10)16-9-17(11)14-7-12(22-23(3,18)19)13(21-14)8-20-2/h4-6,9,12-14H,7-8H2,1-3H3,(H,18,19)/t12?,13-,14-/m1/s1. The van der Waals surface area contributed by atoms with Crippen molar-refractivity contribution < 1.29 is 23.5 Å². The Bertz CT molecular complexity index is 741. The molecule has 1 aliphatic rings. The number of rotatable bonds is 5. The molecule has 4 atom stereocenters. The van der Waals surface area contributed by atoms with E-state index in [1.165, 1.54) is 6.66 Å². The minimum atomic E-state index is -3.60. The fourth-order valence-corrected chi connectivity index (χ4v) is 3.70. The van der Waals surface area contributed by atoms with Gasteiger partial charge < -0.3 is 23.5 Å². The minimum Gasteiger partial charge on any atom is -0.382 e. The number of aromatic nitrogens is 2. The van der Waals surface area contributed by atoms with E-state index in [9.17, 15) is 9.46 Å². The molecule has 2 aromatic rings. The minimum absolute atomic E-state index is 0.298. The van der Waals surface area contributed by atoms with Crippen LogP contribution in [0.3, 0.4) is 0 Å². The number of nitrogens with zero attached hydrogens (tertiary/aromatic N) is 2. The summed E-state index contributed by atoms with van der Waals surface area (Å²) in [7, 11) is -2.03. The third kappa shape index (κ3) is 3.49. The smallest absolute Gasteiger partial charge is 0.325 e. The first-order valence-electron chi connectivity index (χ1n) is 7.44. The first-order valence-corrected chi connectivity index (χ1v) is 9.47. The van der Waals surface area contributed by atoms with E-state index in [2.05, 4.69) is 4.98 Å². The van der Waals surface area contributed by atoms with Crippen LogP contribution in [0.4, 0.5) is 0 Å². The van der Waals surface area contributed by atoms with Gasteiger partial charge in [0.15, 0.2) is 0 Å². The largest absolute Gasteiger partial charge is 0.382 e. The van der Waals surface area contributed by atoms with Crippen molar-refractivity contribution in [2.45, 2.75) is 31.8 Å². The number of hydrogen-bond acceptors (Lipinski definition) is 5. The predicted molar refractivity (Wildman–Crippen MR) is 85.5 cm³/mol. The molecule has 2 unspecified atom stereocenters. The topological polar surface area (TPSA) is 82.8 Å². The number of aryl methyl sites for hydroxylation is 1. The van der Waals surface area contributed by atoms with Gasteiger partial charge >= 0.3 is 7.60 Å². The molecule has 0 spiro atoms. The first kappa shape index (κ1) is 16.6. The molecule has 8 heteroatoms. The van der Waals surface area contributed by atoms with Crippen molar-refractivity contribution in [2.75, 3.05) is 20.4 Å². The molecule has 0 amide bonds. The van der Waals surface area contributed by atoms with Gasteiger partial charge in [0.05, 0.1) is 30.1 Å². The zero-order valence-electron chi connectivity index (χ0n) is 13.4. The SMILES string of the molecule is COC[C@H]1O[C@@H](n2cnc3c(C)cccc32)CC1OP(C)(=O)O. The number of fused-ring (bicyclic) bond motifs is 1. The maximum Gasteiger partial charge on any atom is 0.325 e. The molecule has 1 N–H and O–H groups in total. The van der Waals surface area contributed by atoms with Crippen LogP contribution in [0, 0.1) is 6.92 Å². The quantitative estimate of drug-likeness (QED) is 0.842. The lowest BCUT2D eigenvalue weighted by Crippen LogP contribution is -2.27. The molecule has 0 aliphatic carbocycles. The van der Waals surface area contributed by atoms with Crippen LogP contribution in [0.2, 0.25) is 0 Å². The van der Waals surface area contributed by atoms with Gasteiger partial charge in [0.25, 0.3) is 0 Å². The summed E-state index contributed by atoms with van der Waals surface area (Å²) in [4.78, 5) is 13.9. The van der Waals surface area contributed by atoms with Gasteiger partial charge in [0.2, 0.25) is 0 Å². The third-order valence-corrected chi connectivity index (χ3v) is 4.62. The molecule has 2 heterocycles. The summed E-state index contributed by atoms with van der Waals surface area (Å²) in [6.07, 6.45) is 0.999. The van der Waals surface area contributed by atoms with E-state index in [4.69, 9.17) is 14.0 Å². The van der Waals surface area contributed by atoms with Crippen LogP contribution in [0.5, 0.6) is 0 Å². The zero-order valence-corrected chi connectivity index (χ0v) is 14.3. The molecule has 0 radical (unpaired) electrons. The lowest BCUT2D eigenvalue weighted by molar-refractivity contribution is -0.0492. The molecule has 1 saturated heterocycles. The number of ether oxygens (including phenoxy) is 2. The van der Waals surface area contributed by atoms with Crippen LogP contribution in [0.1, 0.15) is 18.2 Å². The molecule has 1 fully saturated rings. The molecule has 7 nitrogen and oxygen atoms in total. The van der Waals surface area contributed by atoms with Crippen LogP contribution in [-0.4, -0.2) is 47.0 Å². The number of benzene rings is 1. The highest BCUT2D eigenvalue weighted by Gasteiger charge is 2.40. The van der Waals surface area contributed by atoms with E-state index in [0.717, 1.165) is 16.6 Å². The molecule has 1 aliphatic heterocycles. The van der Waals surface area contributed by atoms with E-state index < -0.39 is 19.8 Å². The Morgan fingerprint density at radius 1 is 1.52 bits per heavy atom. The fourth-order valence-electron chi connectivity index (χ4n) is 2.98. The van der Waals surface area contributed by atoms with Crippen LogP contribution < -0.4 is 0 Å². The van der Waals surface area contributed by atoms with Gasteiger partial charge in [-0.15, -0.1) is 0 Å². The summed E-state index contributed by atoms with van der Waals surface area (Å²) in [5.41, 5.74) is 2.98. The van der Waals surface area contributed by atoms with Crippen LogP contribution in [0.15, 0.2) is 24.5 Å². The Labute approximate surface area is 134 Å². The normalized spacial score (nSPS) is 27.4. The van der Waals surface area contributed by atoms with Crippen molar-refractivity contribution in [3.63, 3.8) is 0 Å². The monoisotopic (exact) mass is 340 g/mol. The molecule has 0 saturated carbocycles. The van der Waals surface area contributed by atoms with E-state index in [1.54, 1.807) is 13.4 Å². The highest BCUT2D eigenvalue weighted by atomic mass is 31.2. The lowest BCUT2D eigenvalue weighted by atomic mass is 10.2. The Hall–Kier alpha value is -1.24. The second-order valence-corrected chi connectivity index (χ2v) is 7.68. The summed E-state index contributed by atoms with van der Waals surface area (Å²) in [5, 5.41) is 0. The van der Waals surface area contributed by atoms with Gasteiger partial charge in [0.1, 0.15) is 12.3 Å². The average Bonchev–Trinajstić information content (AvgIpc) is 3.03. The zero-order chi connectivity index (χ0) is 16.6. The van der Waals surface area contributed by atoms with Gasteiger partial charge in [-0.2, -0.15) is 0 Å². The van der Waals surface area contributed by atoms with Crippen molar-refractivity contribution in [3.05, 3.63) is 30.1 Å². The van der Waals surface area contributed by atoms with Crippen molar-refractivity contribution in [2.24, 2.45) is 0 Å². The van der Waals surface area contributed by atoms with Gasteiger partial charge in [-0.25, -0.2) is 4.98 Å². The van der Waals surface area contributed by atoms with Crippen molar-refractivity contribution in [3.8, 4) is 0 Å². The van der Waals surface area contributed by atoms with Crippen molar-refractivity contribution >= 4 is 18.6 Å². The number of hydrogen-bond donors (Lipinski definition) is 1. The third-order valence-electron chi connectivity index (χ3n) is 3.96. The first-order chi connectivity index (χ1) is 10.9. The van der Waals surface area contributed by atoms with Gasteiger partial charge in [0, 0.05) is 20.2 Å². The molecule has 3 rings (SSSR count). The summed E-state index contributed by atoms with van der Waals surface area (Å²) < 4.78 is 30.0. The predicted octanol–water partition coefficient (Wildman–Crippen LogP) is 2.48.